The third-order valence-corrected chi connectivity index (χ3v) is 3.28. The number of nitrogens with one attached hydrogen (secondary N) is 1. The summed E-state index contributed by atoms with van der Waals surface area (Å²) in [6.07, 6.45) is 0. The fourth-order valence-electron chi connectivity index (χ4n) is 2.48. The number of pyridine rings is 1. The molecule has 3 aromatic rings. The zero-order chi connectivity index (χ0) is 12.5. The fourth-order valence-corrected chi connectivity index (χ4v) is 2.48. The Bertz CT molecular complexity index is 717. The van der Waals surface area contributed by atoms with Gasteiger partial charge in [0.05, 0.1) is 5.52 Å². The van der Waals surface area contributed by atoms with Crippen molar-refractivity contribution in [3.8, 4) is 0 Å². The van der Waals surface area contributed by atoms with Crippen LogP contribution in [-0.4, -0.2) is 11.5 Å². The van der Waals surface area contributed by atoms with Crippen molar-refractivity contribution in [2.75, 3.05) is 11.9 Å². The van der Waals surface area contributed by atoms with Crippen LogP contribution in [0.2, 0.25) is 0 Å². The lowest BCUT2D eigenvalue weighted by Gasteiger charge is -2.12. The number of para-hydroxylation sites is 1. The molecule has 0 aliphatic carbocycles. The molecule has 0 spiro atoms. The molecule has 3 rings (SSSR count). The molecule has 0 saturated heterocycles. The van der Waals surface area contributed by atoms with Crippen LogP contribution in [0.3, 0.4) is 0 Å². The second kappa shape index (κ2) is 4.30. The Labute approximate surface area is 107 Å². The number of aromatic nitrogens is 1. The molecule has 2 heteroatoms. The summed E-state index contributed by atoms with van der Waals surface area (Å²) < 4.78 is 0. The Morgan fingerprint density at radius 3 is 2.61 bits per heavy atom. The SMILES string of the molecule is CCNc1nc2ccccc2c2cccc(C)c12. The van der Waals surface area contributed by atoms with E-state index in [1.807, 2.05) is 6.07 Å². The van der Waals surface area contributed by atoms with E-state index in [0.29, 0.717) is 0 Å². The van der Waals surface area contributed by atoms with Crippen LogP contribution in [0.1, 0.15) is 12.5 Å². The van der Waals surface area contributed by atoms with Gasteiger partial charge in [0.15, 0.2) is 0 Å². The summed E-state index contributed by atoms with van der Waals surface area (Å²) in [5, 5.41) is 7.10. The van der Waals surface area contributed by atoms with Crippen molar-refractivity contribution in [3.63, 3.8) is 0 Å². The molecule has 90 valence electrons. The fraction of sp³-hybridized carbons (Fsp3) is 0.188. The number of hydrogen-bond acceptors (Lipinski definition) is 2. The van der Waals surface area contributed by atoms with E-state index in [-0.39, 0.29) is 0 Å². The van der Waals surface area contributed by atoms with Crippen molar-refractivity contribution >= 4 is 27.5 Å². The summed E-state index contributed by atoms with van der Waals surface area (Å²) in [5.41, 5.74) is 2.31. The maximum Gasteiger partial charge on any atom is 0.134 e. The van der Waals surface area contributed by atoms with Crippen LogP contribution in [0.5, 0.6) is 0 Å². The Morgan fingerprint density at radius 2 is 1.78 bits per heavy atom. The van der Waals surface area contributed by atoms with E-state index >= 15 is 0 Å². The van der Waals surface area contributed by atoms with Gasteiger partial charge in [-0.25, -0.2) is 4.98 Å². The summed E-state index contributed by atoms with van der Waals surface area (Å²) in [7, 11) is 0. The highest BCUT2D eigenvalue weighted by Crippen LogP contribution is 2.31. The quantitative estimate of drug-likeness (QED) is 0.677. The summed E-state index contributed by atoms with van der Waals surface area (Å²) in [6.45, 7) is 5.12. The third-order valence-electron chi connectivity index (χ3n) is 3.28. The highest BCUT2D eigenvalue weighted by molar-refractivity contribution is 6.11. The van der Waals surface area contributed by atoms with Gasteiger partial charge >= 0.3 is 0 Å². The zero-order valence-electron chi connectivity index (χ0n) is 10.7. The monoisotopic (exact) mass is 236 g/mol. The van der Waals surface area contributed by atoms with Crippen LogP contribution >= 0.6 is 0 Å². The van der Waals surface area contributed by atoms with E-state index in [0.717, 1.165) is 17.9 Å². The summed E-state index contributed by atoms with van der Waals surface area (Å²) in [5.74, 6) is 0.990. The maximum absolute atomic E-state index is 4.74. The Morgan fingerprint density at radius 1 is 1.00 bits per heavy atom. The lowest BCUT2D eigenvalue weighted by molar-refractivity contribution is 1.18. The molecule has 0 atom stereocenters. The maximum atomic E-state index is 4.74. The molecule has 0 amide bonds. The van der Waals surface area contributed by atoms with Gasteiger partial charge in [-0.05, 0) is 30.9 Å². The van der Waals surface area contributed by atoms with Gasteiger partial charge in [-0.15, -0.1) is 0 Å². The molecule has 0 radical (unpaired) electrons. The van der Waals surface area contributed by atoms with Crippen molar-refractivity contribution in [2.45, 2.75) is 13.8 Å². The predicted octanol–water partition coefficient (Wildman–Crippen LogP) is 4.13. The molecule has 1 N–H and O–H groups in total. The van der Waals surface area contributed by atoms with Gasteiger partial charge in [0.2, 0.25) is 0 Å². The van der Waals surface area contributed by atoms with Gasteiger partial charge in [-0.1, -0.05) is 36.4 Å². The largest absolute Gasteiger partial charge is 0.370 e. The van der Waals surface area contributed by atoms with E-state index in [9.17, 15) is 0 Å². The van der Waals surface area contributed by atoms with Gasteiger partial charge in [0.1, 0.15) is 5.82 Å². The molecule has 0 unspecified atom stereocenters. The first-order chi connectivity index (χ1) is 8.81. The molecule has 0 aliphatic heterocycles. The van der Waals surface area contributed by atoms with Crippen LogP contribution in [0.25, 0.3) is 21.7 Å². The van der Waals surface area contributed by atoms with Gasteiger partial charge in [0, 0.05) is 17.3 Å². The molecule has 2 nitrogen and oxygen atoms in total. The van der Waals surface area contributed by atoms with Crippen molar-refractivity contribution < 1.29 is 0 Å². The second-order valence-electron chi connectivity index (χ2n) is 4.51. The highest BCUT2D eigenvalue weighted by Gasteiger charge is 2.08. The van der Waals surface area contributed by atoms with Crippen LogP contribution in [0.15, 0.2) is 42.5 Å². The first-order valence-corrected chi connectivity index (χ1v) is 6.33. The molecule has 0 fully saturated rings. The first kappa shape index (κ1) is 11.0. The minimum Gasteiger partial charge on any atom is -0.370 e. The lowest BCUT2D eigenvalue weighted by atomic mass is 10.0. The normalized spacial score (nSPS) is 11.0. The Hall–Kier alpha value is -2.09. The van der Waals surface area contributed by atoms with E-state index in [1.54, 1.807) is 0 Å². The molecule has 1 heterocycles. The van der Waals surface area contributed by atoms with Gasteiger partial charge < -0.3 is 5.32 Å². The standard InChI is InChI=1S/C16H16N2/c1-3-17-16-15-11(2)7-6-9-13(15)12-8-4-5-10-14(12)18-16/h4-10H,3H2,1-2H3,(H,17,18). The number of nitrogens with zero attached hydrogens (tertiary/aromatic N) is 1. The van der Waals surface area contributed by atoms with E-state index < -0.39 is 0 Å². The summed E-state index contributed by atoms with van der Waals surface area (Å²) >= 11 is 0. The van der Waals surface area contributed by atoms with E-state index in [1.165, 1.54) is 21.7 Å². The molecular weight excluding hydrogens is 220 g/mol. The highest BCUT2D eigenvalue weighted by atomic mass is 15.0. The third kappa shape index (κ3) is 1.61. The smallest absolute Gasteiger partial charge is 0.134 e. The zero-order valence-corrected chi connectivity index (χ0v) is 10.7. The minimum absolute atomic E-state index is 0.884. The molecule has 0 saturated carbocycles. The predicted molar refractivity (Wildman–Crippen MR) is 78.1 cm³/mol. The number of benzene rings is 2. The van der Waals surface area contributed by atoms with Crippen LogP contribution in [-0.2, 0) is 0 Å². The Kier molecular flexibility index (Phi) is 2.63. The van der Waals surface area contributed by atoms with Crippen molar-refractivity contribution in [1.82, 2.24) is 4.98 Å². The van der Waals surface area contributed by atoms with Gasteiger partial charge in [-0.3, -0.25) is 0 Å². The first-order valence-electron chi connectivity index (χ1n) is 6.33. The molecule has 18 heavy (non-hydrogen) atoms. The lowest BCUT2D eigenvalue weighted by Crippen LogP contribution is -2.01. The number of aryl methyl sites for hydroxylation is 1. The summed E-state index contributed by atoms with van der Waals surface area (Å²) in [6, 6.07) is 14.7. The average Bonchev–Trinajstić information content (AvgIpc) is 2.39. The van der Waals surface area contributed by atoms with Crippen LogP contribution in [0.4, 0.5) is 5.82 Å². The number of fused-ring (bicyclic) bond motifs is 3. The van der Waals surface area contributed by atoms with Gasteiger partial charge in [0.25, 0.3) is 0 Å². The minimum atomic E-state index is 0.884. The molecular formula is C16H16N2. The molecule has 1 aromatic heterocycles. The van der Waals surface area contributed by atoms with Crippen molar-refractivity contribution in [2.24, 2.45) is 0 Å². The molecule has 2 aromatic carbocycles. The number of anilines is 1. The second-order valence-corrected chi connectivity index (χ2v) is 4.51. The summed E-state index contributed by atoms with van der Waals surface area (Å²) in [4.78, 5) is 4.74. The van der Waals surface area contributed by atoms with E-state index in [4.69, 9.17) is 4.98 Å². The van der Waals surface area contributed by atoms with Crippen molar-refractivity contribution in [1.29, 1.82) is 0 Å². The average molecular weight is 236 g/mol. The number of hydrogen-bond donors (Lipinski definition) is 1. The topological polar surface area (TPSA) is 24.9 Å². The van der Waals surface area contributed by atoms with Crippen LogP contribution < -0.4 is 5.32 Å². The van der Waals surface area contributed by atoms with Crippen LogP contribution in [0, 0.1) is 6.92 Å². The molecule has 0 bridgehead atoms. The number of rotatable bonds is 2. The van der Waals surface area contributed by atoms with Crippen molar-refractivity contribution in [3.05, 3.63) is 48.0 Å². The Balaban J connectivity index is 2.50. The molecule has 0 aliphatic rings. The van der Waals surface area contributed by atoms with E-state index in [2.05, 4.69) is 55.6 Å². The van der Waals surface area contributed by atoms with Gasteiger partial charge in [-0.2, -0.15) is 0 Å².